The fourth-order valence-corrected chi connectivity index (χ4v) is 2.14. The first-order valence-electron chi connectivity index (χ1n) is 6.45. The Morgan fingerprint density at radius 2 is 1.81 bits per heavy atom. The maximum atomic E-state index is 10.6. The summed E-state index contributed by atoms with van der Waals surface area (Å²) in [5.41, 5.74) is 2.80. The minimum absolute atomic E-state index is 0.0847. The predicted octanol–water partition coefficient (Wildman–Crippen LogP) is 3.34. The Kier molecular flexibility index (Phi) is 3.23. The first-order chi connectivity index (χ1) is 10.1. The summed E-state index contributed by atoms with van der Waals surface area (Å²) in [5, 5.41) is 10.6. The average Bonchev–Trinajstić information content (AvgIpc) is 2.82. The van der Waals surface area contributed by atoms with Gasteiger partial charge in [0.15, 0.2) is 0 Å². The number of nitro benzene ring substituents is 1. The Labute approximate surface area is 120 Å². The van der Waals surface area contributed by atoms with E-state index >= 15 is 0 Å². The molecule has 0 unspecified atom stereocenters. The zero-order valence-electron chi connectivity index (χ0n) is 11.4. The molecule has 1 aromatic heterocycles. The number of rotatable bonds is 3. The molecule has 104 valence electrons. The second-order valence-corrected chi connectivity index (χ2v) is 4.65. The van der Waals surface area contributed by atoms with Crippen molar-refractivity contribution in [3.8, 4) is 0 Å². The summed E-state index contributed by atoms with van der Waals surface area (Å²) < 4.78 is 7.71. The third-order valence-electron chi connectivity index (χ3n) is 3.29. The normalized spacial score (nSPS) is 11.3. The number of nitro groups is 1. The van der Waals surface area contributed by atoms with Crippen LogP contribution in [0.15, 0.2) is 52.9 Å². The van der Waals surface area contributed by atoms with Crippen LogP contribution in [0.5, 0.6) is 0 Å². The largest absolute Gasteiger partial charge is 0.398 e. The first kappa shape index (κ1) is 13.1. The summed E-state index contributed by atoms with van der Waals surface area (Å²) >= 11 is 0. The number of aromatic nitrogens is 1. The van der Waals surface area contributed by atoms with Gasteiger partial charge in [-0.15, -0.1) is 0 Å². The zero-order valence-corrected chi connectivity index (χ0v) is 11.4. The van der Waals surface area contributed by atoms with Crippen LogP contribution >= 0.6 is 0 Å². The van der Waals surface area contributed by atoms with Crippen LogP contribution in [-0.2, 0) is 7.05 Å². The van der Waals surface area contributed by atoms with Crippen molar-refractivity contribution < 1.29 is 13.9 Å². The molecule has 0 saturated heterocycles. The van der Waals surface area contributed by atoms with E-state index in [1.807, 2.05) is 48.0 Å². The minimum atomic E-state index is -0.410. The average molecular weight is 281 g/mol. The Morgan fingerprint density at radius 3 is 2.48 bits per heavy atom. The molecule has 21 heavy (non-hydrogen) atoms. The van der Waals surface area contributed by atoms with Gasteiger partial charge >= 0.3 is 5.89 Å². The Balaban J connectivity index is 1.90. The van der Waals surface area contributed by atoms with E-state index in [-0.39, 0.29) is 5.69 Å². The fourth-order valence-electron chi connectivity index (χ4n) is 2.14. The number of benzene rings is 2. The van der Waals surface area contributed by atoms with Gasteiger partial charge in [0.25, 0.3) is 11.2 Å². The van der Waals surface area contributed by atoms with Gasteiger partial charge < -0.3 is 4.42 Å². The number of fused-ring (bicyclic) bond motifs is 1. The van der Waals surface area contributed by atoms with Crippen LogP contribution in [0.1, 0.15) is 11.5 Å². The summed E-state index contributed by atoms with van der Waals surface area (Å²) in [7, 11) is 1.93. The topological polar surface area (TPSA) is 60.2 Å². The lowest BCUT2D eigenvalue weighted by atomic mass is 10.2. The van der Waals surface area contributed by atoms with Crippen molar-refractivity contribution in [1.29, 1.82) is 0 Å². The highest BCUT2D eigenvalue weighted by molar-refractivity contribution is 5.72. The van der Waals surface area contributed by atoms with Crippen LogP contribution in [0, 0.1) is 10.1 Å². The molecule has 0 N–H and O–H groups in total. The van der Waals surface area contributed by atoms with Crippen LogP contribution < -0.4 is 4.57 Å². The highest BCUT2D eigenvalue weighted by atomic mass is 16.6. The smallest absolute Gasteiger partial charge is 0.373 e. The number of nitrogens with zero attached hydrogens (tertiary/aromatic N) is 2. The number of hydrogen-bond donors (Lipinski definition) is 0. The molecule has 0 bridgehead atoms. The molecule has 0 spiro atoms. The fraction of sp³-hybridized carbons (Fsp3) is 0.0625. The van der Waals surface area contributed by atoms with Gasteiger partial charge in [-0.1, -0.05) is 12.1 Å². The van der Waals surface area contributed by atoms with Crippen molar-refractivity contribution in [2.24, 2.45) is 7.05 Å². The predicted molar refractivity (Wildman–Crippen MR) is 79.4 cm³/mol. The SMILES string of the molecule is C[n+]1c(C=Cc2ccc([N+](=O)[O-])cc2)oc2ccccc21. The molecule has 0 amide bonds. The summed E-state index contributed by atoms with van der Waals surface area (Å²) in [4.78, 5) is 10.2. The second kappa shape index (κ2) is 5.20. The summed E-state index contributed by atoms with van der Waals surface area (Å²) in [6.45, 7) is 0. The molecule has 5 nitrogen and oxygen atoms in total. The van der Waals surface area contributed by atoms with Crippen LogP contribution in [-0.4, -0.2) is 4.92 Å². The summed E-state index contributed by atoms with van der Waals surface area (Å²) in [6.07, 6.45) is 3.71. The molecule has 0 radical (unpaired) electrons. The zero-order chi connectivity index (χ0) is 14.8. The molecule has 3 aromatic rings. The lowest BCUT2D eigenvalue weighted by Crippen LogP contribution is -2.29. The Bertz CT molecular complexity index is 832. The Morgan fingerprint density at radius 1 is 1.10 bits per heavy atom. The van der Waals surface area contributed by atoms with Crippen LogP contribution in [0.4, 0.5) is 5.69 Å². The molecular weight excluding hydrogens is 268 g/mol. The molecule has 5 heteroatoms. The molecule has 2 aromatic carbocycles. The molecule has 0 aliphatic rings. The van der Waals surface area contributed by atoms with Gasteiger partial charge in [0.2, 0.25) is 5.58 Å². The van der Waals surface area contributed by atoms with Crippen LogP contribution in [0.2, 0.25) is 0 Å². The Hall–Kier alpha value is -2.95. The lowest BCUT2D eigenvalue weighted by Gasteiger charge is -1.92. The maximum absolute atomic E-state index is 10.6. The third-order valence-corrected chi connectivity index (χ3v) is 3.29. The van der Waals surface area contributed by atoms with Gasteiger partial charge in [-0.3, -0.25) is 10.1 Å². The van der Waals surface area contributed by atoms with Crippen molar-refractivity contribution in [3.05, 3.63) is 70.1 Å². The monoisotopic (exact) mass is 281 g/mol. The third kappa shape index (κ3) is 2.53. The van der Waals surface area contributed by atoms with Crippen LogP contribution in [0.3, 0.4) is 0 Å². The van der Waals surface area contributed by atoms with Gasteiger partial charge in [0.1, 0.15) is 7.05 Å². The van der Waals surface area contributed by atoms with Crippen molar-refractivity contribution in [3.63, 3.8) is 0 Å². The molecule has 0 saturated carbocycles. The standard InChI is InChI=1S/C16H13N2O3/c1-17-14-4-2-3-5-15(14)21-16(17)11-8-12-6-9-13(10-7-12)18(19)20/h2-11H,1H3/q+1. The van der Waals surface area contributed by atoms with E-state index in [1.54, 1.807) is 12.1 Å². The van der Waals surface area contributed by atoms with Gasteiger partial charge in [-0.05, 0) is 29.8 Å². The van der Waals surface area contributed by atoms with E-state index in [0.717, 1.165) is 22.6 Å². The van der Waals surface area contributed by atoms with Crippen LogP contribution in [0.25, 0.3) is 23.3 Å². The minimum Gasteiger partial charge on any atom is -0.398 e. The molecule has 0 aliphatic heterocycles. The summed E-state index contributed by atoms with van der Waals surface area (Å²) in [5.74, 6) is 0.717. The van der Waals surface area contributed by atoms with Gasteiger partial charge in [0.05, 0.1) is 11.0 Å². The van der Waals surface area contributed by atoms with E-state index in [4.69, 9.17) is 4.42 Å². The van der Waals surface area contributed by atoms with Crippen molar-refractivity contribution in [1.82, 2.24) is 0 Å². The highest BCUT2D eigenvalue weighted by Crippen LogP contribution is 2.16. The van der Waals surface area contributed by atoms with Gasteiger partial charge in [0, 0.05) is 18.2 Å². The van der Waals surface area contributed by atoms with E-state index in [1.165, 1.54) is 12.1 Å². The quantitative estimate of drug-likeness (QED) is 0.420. The summed E-state index contributed by atoms with van der Waals surface area (Å²) in [6, 6.07) is 14.2. The molecule has 0 aliphatic carbocycles. The number of hydrogen-bond acceptors (Lipinski definition) is 3. The van der Waals surface area contributed by atoms with Gasteiger partial charge in [-0.2, -0.15) is 4.57 Å². The van der Waals surface area contributed by atoms with E-state index < -0.39 is 4.92 Å². The highest BCUT2D eigenvalue weighted by Gasteiger charge is 2.15. The number of para-hydroxylation sites is 2. The van der Waals surface area contributed by atoms with Crippen molar-refractivity contribution in [2.45, 2.75) is 0 Å². The molecule has 0 atom stereocenters. The number of oxazole rings is 1. The number of aryl methyl sites for hydroxylation is 1. The molecule has 1 heterocycles. The van der Waals surface area contributed by atoms with Gasteiger partial charge in [-0.25, -0.2) is 0 Å². The first-order valence-corrected chi connectivity index (χ1v) is 6.45. The molecule has 0 fully saturated rings. The molecule has 3 rings (SSSR count). The lowest BCUT2D eigenvalue weighted by molar-refractivity contribution is -0.651. The van der Waals surface area contributed by atoms with E-state index in [2.05, 4.69) is 0 Å². The second-order valence-electron chi connectivity index (χ2n) is 4.65. The van der Waals surface area contributed by atoms with Crippen molar-refractivity contribution in [2.75, 3.05) is 0 Å². The van der Waals surface area contributed by atoms with E-state index in [0.29, 0.717) is 0 Å². The van der Waals surface area contributed by atoms with Crippen molar-refractivity contribution >= 4 is 28.9 Å². The van der Waals surface area contributed by atoms with E-state index in [9.17, 15) is 10.1 Å². The maximum Gasteiger partial charge on any atom is 0.373 e. The number of non-ortho nitro benzene ring substituents is 1. The molecular formula is C16H13N2O3+.